The Bertz CT molecular complexity index is 822. The van der Waals surface area contributed by atoms with E-state index in [2.05, 4.69) is 30.3 Å². The molecule has 1 N–H and O–H groups in total. The second-order valence-corrected chi connectivity index (χ2v) is 9.36. The van der Waals surface area contributed by atoms with Crippen LogP contribution in [-0.4, -0.2) is 11.1 Å². The fourth-order valence-electron chi connectivity index (χ4n) is 5.89. The van der Waals surface area contributed by atoms with E-state index in [4.69, 9.17) is 0 Å². The van der Waals surface area contributed by atoms with Gasteiger partial charge in [0.05, 0.1) is 5.56 Å². The van der Waals surface area contributed by atoms with Crippen molar-refractivity contribution in [1.82, 2.24) is 0 Å². The van der Waals surface area contributed by atoms with Crippen LogP contribution >= 0.6 is 0 Å². The summed E-state index contributed by atoms with van der Waals surface area (Å²) in [5.74, 6) is 0.0861. The minimum atomic E-state index is -0.704. The van der Waals surface area contributed by atoms with E-state index in [1.807, 2.05) is 0 Å². The molecule has 29 heavy (non-hydrogen) atoms. The Labute approximate surface area is 175 Å². The lowest BCUT2D eigenvalue weighted by Gasteiger charge is -2.28. The zero-order chi connectivity index (χ0) is 20.1. The molecule has 156 valence electrons. The van der Waals surface area contributed by atoms with Gasteiger partial charge in [0.1, 0.15) is 0 Å². The number of carbonyl (C=O) groups is 1. The van der Waals surface area contributed by atoms with Gasteiger partial charge in [0.15, 0.2) is 0 Å². The second-order valence-electron chi connectivity index (χ2n) is 9.36. The van der Waals surface area contributed by atoms with E-state index < -0.39 is 5.97 Å². The Balaban J connectivity index is 1.86. The molecule has 0 radical (unpaired) electrons. The van der Waals surface area contributed by atoms with Crippen LogP contribution in [0.5, 0.6) is 0 Å². The summed E-state index contributed by atoms with van der Waals surface area (Å²) in [6.07, 6.45) is 17.3. The molecule has 0 aliphatic heterocycles. The summed E-state index contributed by atoms with van der Waals surface area (Å²) in [6, 6.07) is 10.8. The molecule has 4 rings (SSSR count). The zero-order valence-corrected chi connectivity index (χ0v) is 17.8. The van der Waals surface area contributed by atoms with Gasteiger partial charge in [-0.05, 0) is 65.5 Å². The van der Waals surface area contributed by atoms with E-state index in [0.29, 0.717) is 17.4 Å². The average Bonchev–Trinajstić information content (AvgIpc) is 2.66. The number of aromatic carboxylic acids is 1. The molecule has 2 aromatic rings. The molecule has 0 aromatic heterocycles. The largest absolute Gasteiger partial charge is 0.478 e. The van der Waals surface area contributed by atoms with Crippen molar-refractivity contribution in [3.63, 3.8) is 0 Å². The van der Waals surface area contributed by atoms with Crippen molar-refractivity contribution < 1.29 is 9.90 Å². The van der Waals surface area contributed by atoms with Gasteiger partial charge in [-0.3, -0.25) is 0 Å². The van der Waals surface area contributed by atoms with Crippen LogP contribution in [0.2, 0.25) is 0 Å². The molecule has 2 saturated carbocycles. The number of carboxylic acids is 1. The van der Waals surface area contributed by atoms with Crippen molar-refractivity contribution in [3.05, 3.63) is 47.0 Å². The van der Waals surface area contributed by atoms with Crippen molar-refractivity contribution in [2.45, 2.75) is 102 Å². The number of fused-ring (bicyclic) bond motifs is 1. The second kappa shape index (κ2) is 9.78. The number of carboxylic acid groups (broad SMARTS) is 1. The van der Waals surface area contributed by atoms with Gasteiger partial charge in [-0.25, -0.2) is 4.79 Å². The lowest BCUT2D eigenvalue weighted by molar-refractivity contribution is 0.0693. The van der Waals surface area contributed by atoms with Crippen molar-refractivity contribution in [1.29, 1.82) is 0 Å². The van der Waals surface area contributed by atoms with E-state index in [0.717, 1.165) is 36.8 Å². The van der Waals surface area contributed by atoms with Crippen LogP contribution in [0, 0.1) is 0 Å². The van der Waals surface area contributed by atoms with Crippen LogP contribution in [0.1, 0.15) is 123 Å². The fourth-order valence-corrected chi connectivity index (χ4v) is 5.89. The highest BCUT2D eigenvalue weighted by Crippen LogP contribution is 2.42. The number of hydrogen-bond acceptors (Lipinski definition) is 1. The molecule has 0 bridgehead atoms. The molecule has 0 spiro atoms. The first-order valence-electron chi connectivity index (χ1n) is 12.0. The molecule has 0 unspecified atom stereocenters. The first-order valence-corrected chi connectivity index (χ1v) is 12.0. The molecule has 2 aromatic carbocycles. The number of benzene rings is 2. The van der Waals surface area contributed by atoms with Crippen molar-refractivity contribution in [2.24, 2.45) is 0 Å². The van der Waals surface area contributed by atoms with Gasteiger partial charge < -0.3 is 5.11 Å². The Morgan fingerprint density at radius 3 is 1.83 bits per heavy atom. The lowest BCUT2D eigenvalue weighted by Crippen LogP contribution is -2.16. The minimum absolute atomic E-state index is 0.389. The quantitative estimate of drug-likeness (QED) is 0.571. The third-order valence-corrected chi connectivity index (χ3v) is 7.39. The van der Waals surface area contributed by atoms with Crippen molar-refractivity contribution in [2.75, 3.05) is 0 Å². The van der Waals surface area contributed by atoms with Crippen LogP contribution in [0.15, 0.2) is 30.3 Å². The summed E-state index contributed by atoms with van der Waals surface area (Å²) in [5.41, 5.74) is 2.96. The van der Waals surface area contributed by atoms with E-state index in [9.17, 15) is 9.90 Å². The lowest BCUT2D eigenvalue weighted by atomic mass is 9.76. The average molecular weight is 393 g/mol. The first kappa shape index (κ1) is 20.4. The minimum Gasteiger partial charge on any atom is -0.478 e. The highest BCUT2D eigenvalue weighted by molar-refractivity contribution is 6.00. The highest BCUT2D eigenvalue weighted by Gasteiger charge is 2.28. The molecule has 0 saturated heterocycles. The van der Waals surface area contributed by atoms with Gasteiger partial charge in [0.2, 0.25) is 0 Å². The summed E-state index contributed by atoms with van der Waals surface area (Å²) in [4.78, 5) is 12.7. The smallest absolute Gasteiger partial charge is 0.336 e. The van der Waals surface area contributed by atoms with Gasteiger partial charge in [-0.15, -0.1) is 0 Å². The summed E-state index contributed by atoms with van der Waals surface area (Å²) in [5, 5.41) is 12.8. The van der Waals surface area contributed by atoms with E-state index >= 15 is 0 Å². The van der Waals surface area contributed by atoms with Gasteiger partial charge in [0.25, 0.3) is 0 Å². The fraction of sp³-hybridized carbons (Fsp3) is 0.593. The predicted octanol–water partition coefficient (Wildman–Crippen LogP) is 8.19. The zero-order valence-electron chi connectivity index (χ0n) is 17.8. The molecule has 2 nitrogen and oxygen atoms in total. The Morgan fingerprint density at radius 1 is 0.724 bits per heavy atom. The maximum Gasteiger partial charge on any atom is 0.336 e. The number of rotatable bonds is 3. The molecule has 2 aliphatic carbocycles. The standard InChI is InChI=1S/C27H36O2/c28-27(29)26-24(20-13-7-3-1-4-8-14-20)19-22-17-11-12-18-23(22)25(26)21-15-9-5-2-6-10-16-21/h11-12,17-21H,1-10,13-16H2,(H,28,29). The van der Waals surface area contributed by atoms with Crippen LogP contribution in [-0.2, 0) is 0 Å². The number of hydrogen-bond donors (Lipinski definition) is 1. The van der Waals surface area contributed by atoms with Gasteiger partial charge in [0, 0.05) is 0 Å². The summed E-state index contributed by atoms with van der Waals surface area (Å²) in [6.45, 7) is 0. The molecule has 2 heteroatoms. The van der Waals surface area contributed by atoms with Crippen LogP contribution in [0.25, 0.3) is 10.8 Å². The molecule has 2 fully saturated rings. The van der Waals surface area contributed by atoms with Gasteiger partial charge in [-0.2, -0.15) is 0 Å². The van der Waals surface area contributed by atoms with Gasteiger partial charge in [-0.1, -0.05) is 88.5 Å². The summed E-state index contributed by atoms with van der Waals surface area (Å²) >= 11 is 0. The predicted molar refractivity (Wildman–Crippen MR) is 121 cm³/mol. The Kier molecular flexibility index (Phi) is 6.90. The Hall–Kier alpha value is -1.83. The highest BCUT2D eigenvalue weighted by atomic mass is 16.4. The van der Waals surface area contributed by atoms with E-state index in [-0.39, 0.29) is 0 Å². The molecule has 0 atom stereocenters. The Morgan fingerprint density at radius 2 is 1.24 bits per heavy atom. The summed E-state index contributed by atoms with van der Waals surface area (Å²) in [7, 11) is 0. The van der Waals surface area contributed by atoms with Crippen molar-refractivity contribution >= 4 is 16.7 Å². The molecule has 0 amide bonds. The first-order chi connectivity index (χ1) is 14.3. The summed E-state index contributed by atoms with van der Waals surface area (Å²) < 4.78 is 0. The topological polar surface area (TPSA) is 37.3 Å². The maximum absolute atomic E-state index is 12.7. The monoisotopic (exact) mass is 392 g/mol. The molecule has 2 aliphatic rings. The van der Waals surface area contributed by atoms with Crippen LogP contribution in [0.4, 0.5) is 0 Å². The van der Waals surface area contributed by atoms with E-state index in [1.165, 1.54) is 75.0 Å². The van der Waals surface area contributed by atoms with Crippen LogP contribution < -0.4 is 0 Å². The molecule has 0 heterocycles. The van der Waals surface area contributed by atoms with Gasteiger partial charge >= 0.3 is 5.97 Å². The normalized spacial score (nSPS) is 20.6. The molecular formula is C27H36O2. The maximum atomic E-state index is 12.7. The van der Waals surface area contributed by atoms with E-state index in [1.54, 1.807) is 0 Å². The SMILES string of the molecule is O=C(O)c1c(C2CCCCCCC2)cc2ccccc2c1C1CCCCCCC1. The third kappa shape index (κ3) is 4.68. The third-order valence-electron chi connectivity index (χ3n) is 7.39. The van der Waals surface area contributed by atoms with Crippen molar-refractivity contribution in [3.8, 4) is 0 Å². The van der Waals surface area contributed by atoms with Crippen LogP contribution in [0.3, 0.4) is 0 Å². The molecular weight excluding hydrogens is 356 g/mol.